The van der Waals surface area contributed by atoms with E-state index in [4.69, 9.17) is 5.73 Å². The number of nitrogens with two attached hydrogens (primary N) is 1. The van der Waals surface area contributed by atoms with E-state index in [1.807, 2.05) is 0 Å². The number of urea groups is 1. The van der Waals surface area contributed by atoms with E-state index in [9.17, 15) is 9.59 Å². The van der Waals surface area contributed by atoms with Crippen molar-refractivity contribution in [2.45, 2.75) is 24.4 Å². The van der Waals surface area contributed by atoms with E-state index in [1.165, 1.54) is 0 Å². The van der Waals surface area contributed by atoms with Gasteiger partial charge in [0.1, 0.15) is 0 Å². The van der Waals surface area contributed by atoms with Crippen LogP contribution in [-0.4, -0.2) is 28.3 Å². The van der Waals surface area contributed by atoms with Crippen LogP contribution in [0.2, 0.25) is 0 Å². The fourth-order valence-electron chi connectivity index (χ4n) is 2.18. The Balaban J connectivity index is 2.07. The zero-order chi connectivity index (χ0) is 12.0. The predicted molar refractivity (Wildman–Crippen MR) is 57.9 cm³/mol. The first-order chi connectivity index (χ1) is 8.17. The maximum atomic E-state index is 11.9. The third-order valence-corrected chi connectivity index (χ3v) is 3.25. The molecule has 1 aromatic heterocycles. The number of carbonyl (C=O) groups excluding carboxylic acids is 2. The van der Waals surface area contributed by atoms with E-state index in [0.29, 0.717) is 11.7 Å². The maximum absolute atomic E-state index is 11.9. The summed E-state index contributed by atoms with van der Waals surface area (Å²) in [5.41, 5.74) is 5.17. The molecule has 2 fully saturated rings. The number of hydrogen-bond donors (Lipinski definition) is 3. The highest BCUT2D eigenvalue weighted by Gasteiger charge is 2.49. The number of aromatic nitrogens is 2. The highest BCUT2D eigenvalue weighted by atomic mass is 16.2. The van der Waals surface area contributed by atoms with Crippen LogP contribution in [0.1, 0.15) is 24.6 Å². The number of amides is 3. The highest BCUT2D eigenvalue weighted by molar-refractivity contribution is 6.07. The molecule has 7 nitrogen and oxygen atoms in total. The Bertz CT molecular complexity index is 493. The van der Waals surface area contributed by atoms with Gasteiger partial charge in [-0.1, -0.05) is 0 Å². The summed E-state index contributed by atoms with van der Waals surface area (Å²) in [5.74, 6) is -0.410. The van der Waals surface area contributed by atoms with E-state index in [2.05, 4.69) is 15.7 Å². The number of hydrogen-bond acceptors (Lipinski definition) is 4. The molecule has 3 rings (SSSR count). The quantitative estimate of drug-likeness (QED) is 0.597. The molecule has 1 saturated heterocycles. The van der Waals surface area contributed by atoms with Gasteiger partial charge in [-0.2, -0.15) is 5.10 Å². The van der Waals surface area contributed by atoms with Crippen LogP contribution < -0.4 is 16.4 Å². The summed E-state index contributed by atoms with van der Waals surface area (Å²) in [5, 5.41) is 9.04. The normalized spacial score (nSPS) is 28.1. The minimum Gasteiger partial charge on any atom is -0.327 e. The summed E-state index contributed by atoms with van der Waals surface area (Å²) in [7, 11) is 0. The summed E-state index contributed by atoms with van der Waals surface area (Å²) in [6.45, 7) is 0.0169. The molecule has 0 bridgehead atoms. The summed E-state index contributed by atoms with van der Waals surface area (Å²) >= 11 is 0. The van der Waals surface area contributed by atoms with Crippen molar-refractivity contribution in [1.82, 2.24) is 20.4 Å². The lowest BCUT2D eigenvalue weighted by atomic mass is 9.95. The molecule has 4 N–H and O–H groups in total. The second-order valence-corrected chi connectivity index (χ2v) is 4.41. The number of nitrogens with one attached hydrogen (secondary N) is 2. The zero-order valence-corrected chi connectivity index (χ0v) is 9.14. The van der Waals surface area contributed by atoms with E-state index >= 15 is 0 Å². The van der Waals surface area contributed by atoms with Crippen LogP contribution in [0.25, 0.3) is 0 Å². The molecule has 17 heavy (non-hydrogen) atoms. The molecule has 0 aromatic carbocycles. The third-order valence-electron chi connectivity index (χ3n) is 3.25. The molecule has 1 saturated carbocycles. The SMILES string of the molecule is NCC1(c2ccnn2C2CC2)NC(=O)NC1=O. The Morgan fingerprint density at radius 1 is 1.53 bits per heavy atom. The molecule has 90 valence electrons. The Labute approximate surface area is 97.3 Å². The maximum Gasteiger partial charge on any atom is 0.322 e. The van der Waals surface area contributed by atoms with Gasteiger partial charge in [0.15, 0.2) is 5.54 Å². The fraction of sp³-hybridized carbons (Fsp3) is 0.500. The molecule has 2 heterocycles. The van der Waals surface area contributed by atoms with Crippen molar-refractivity contribution in [3.05, 3.63) is 18.0 Å². The van der Waals surface area contributed by atoms with Crippen molar-refractivity contribution in [2.24, 2.45) is 5.73 Å². The van der Waals surface area contributed by atoms with E-state index < -0.39 is 17.5 Å². The number of carbonyl (C=O) groups is 2. The molecule has 2 aliphatic rings. The average Bonchev–Trinajstić information content (AvgIpc) is 2.95. The minimum absolute atomic E-state index is 0.0169. The van der Waals surface area contributed by atoms with E-state index in [0.717, 1.165) is 12.8 Å². The van der Waals surface area contributed by atoms with Crippen LogP contribution in [0.3, 0.4) is 0 Å². The van der Waals surface area contributed by atoms with Crippen LogP contribution in [0.4, 0.5) is 4.79 Å². The lowest BCUT2D eigenvalue weighted by molar-refractivity contribution is -0.124. The van der Waals surface area contributed by atoms with Crippen LogP contribution >= 0.6 is 0 Å². The Morgan fingerprint density at radius 2 is 2.29 bits per heavy atom. The van der Waals surface area contributed by atoms with Gasteiger partial charge < -0.3 is 11.1 Å². The fourth-order valence-corrected chi connectivity index (χ4v) is 2.18. The first-order valence-electron chi connectivity index (χ1n) is 5.55. The molecule has 7 heteroatoms. The number of nitrogens with zero attached hydrogens (tertiary/aromatic N) is 2. The van der Waals surface area contributed by atoms with E-state index in [-0.39, 0.29) is 6.54 Å². The van der Waals surface area contributed by atoms with Gasteiger partial charge >= 0.3 is 6.03 Å². The lowest BCUT2D eigenvalue weighted by Gasteiger charge is -2.25. The number of imide groups is 1. The predicted octanol–water partition coefficient (Wildman–Crippen LogP) is -0.789. The molecule has 3 amide bonds. The molecule has 0 radical (unpaired) electrons. The molecule has 0 spiro atoms. The summed E-state index contributed by atoms with van der Waals surface area (Å²) in [4.78, 5) is 23.2. The molecule has 1 aliphatic heterocycles. The van der Waals surface area contributed by atoms with Crippen molar-refractivity contribution in [1.29, 1.82) is 0 Å². The van der Waals surface area contributed by atoms with Gasteiger partial charge in [-0.05, 0) is 18.9 Å². The smallest absolute Gasteiger partial charge is 0.322 e. The zero-order valence-electron chi connectivity index (χ0n) is 9.14. The largest absolute Gasteiger partial charge is 0.327 e. The van der Waals surface area contributed by atoms with E-state index in [1.54, 1.807) is 16.9 Å². The summed E-state index contributed by atoms with van der Waals surface area (Å²) in [6, 6.07) is 1.55. The van der Waals surface area contributed by atoms with Gasteiger partial charge in [0.05, 0.1) is 11.7 Å². The summed E-state index contributed by atoms with van der Waals surface area (Å²) < 4.78 is 1.79. The molecular weight excluding hydrogens is 222 g/mol. The Hall–Kier alpha value is -1.89. The van der Waals surface area contributed by atoms with Crippen molar-refractivity contribution in [3.63, 3.8) is 0 Å². The monoisotopic (exact) mass is 235 g/mol. The first-order valence-corrected chi connectivity index (χ1v) is 5.55. The number of rotatable bonds is 3. The molecule has 1 aromatic rings. The van der Waals surface area contributed by atoms with Crippen molar-refractivity contribution < 1.29 is 9.59 Å². The summed E-state index contributed by atoms with van der Waals surface area (Å²) in [6.07, 6.45) is 3.72. The minimum atomic E-state index is -1.17. The van der Waals surface area contributed by atoms with Crippen molar-refractivity contribution in [3.8, 4) is 0 Å². The third kappa shape index (κ3) is 1.35. The molecule has 1 unspecified atom stereocenters. The average molecular weight is 235 g/mol. The topological polar surface area (TPSA) is 102 Å². The van der Waals surface area contributed by atoms with Gasteiger partial charge in [-0.3, -0.25) is 14.8 Å². The molecular formula is C10H13N5O2. The van der Waals surface area contributed by atoms with Gasteiger partial charge in [0.25, 0.3) is 5.91 Å². The van der Waals surface area contributed by atoms with Crippen LogP contribution in [-0.2, 0) is 10.3 Å². The molecule has 1 atom stereocenters. The Morgan fingerprint density at radius 3 is 2.82 bits per heavy atom. The first kappa shape index (κ1) is 10.3. The van der Waals surface area contributed by atoms with Crippen LogP contribution in [0, 0.1) is 0 Å². The van der Waals surface area contributed by atoms with Gasteiger partial charge in [0, 0.05) is 12.7 Å². The standard InChI is InChI=1S/C10H13N5O2/c11-5-10(8(16)13-9(17)14-10)7-3-4-12-15(7)6-1-2-6/h3-4,6H,1-2,5,11H2,(H2,13,14,16,17). The Kier molecular flexibility index (Phi) is 1.99. The van der Waals surface area contributed by atoms with Crippen molar-refractivity contribution in [2.75, 3.05) is 6.54 Å². The second-order valence-electron chi connectivity index (χ2n) is 4.41. The lowest BCUT2D eigenvalue weighted by Crippen LogP contribution is -2.51. The van der Waals surface area contributed by atoms with Crippen LogP contribution in [0.5, 0.6) is 0 Å². The molecule has 1 aliphatic carbocycles. The second kappa shape index (κ2) is 3.30. The van der Waals surface area contributed by atoms with Gasteiger partial charge in [-0.25, -0.2) is 4.79 Å². The van der Waals surface area contributed by atoms with Gasteiger partial charge in [-0.15, -0.1) is 0 Å². The highest BCUT2D eigenvalue weighted by Crippen LogP contribution is 2.37. The van der Waals surface area contributed by atoms with Crippen molar-refractivity contribution >= 4 is 11.9 Å². The van der Waals surface area contributed by atoms with Crippen LogP contribution in [0.15, 0.2) is 12.3 Å². The van der Waals surface area contributed by atoms with Gasteiger partial charge in [0.2, 0.25) is 0 Å².